The summed E-state index contributed by atoms with van der Waals surface area (Å²) in [5.41, 5.74) is 1.21. The van der Waals surface area contributed by atoms with Gasteiger partial charge in [-0.15, -0.1) is 6.58 Å². The Morgan fingerprint density at radius 2 is 2.36 bits per heavy atom. The van der Waals surface area contributed by atoms with Gasteiger partial charge >= 0.3 is 0 Å². The molecule has 2 atom stereocenters. The molecule has 1 fully saturated rings. The minimum absolute atomic E-state index is 0.00341. The summed E-state index contributed by atoms with van der Waals surface area (Å²) in [5, 5.41) is 9.00. The Labute approximate surface area is 86.4 Å². The van der Waals surface area contributed by atoms with Crippen LogP contribution in [-0.2, 0) is 4.74 Å². The van der Waals surface area contributed by atoms with Gasteiger partial charge in [-0.05, 0) is 20.3 Å². The predicted octanol–water partition coefficient (Wildman–Crippen LogP) is 1.03. The minimum atomic E-state index is -0.00341. The van der Waals surface area contributed by atoms with Crippen molar-refractivity contribution in [2.75, 3.05) is 26.3 Å². The van der Waals surface area contributed by atoms with Crippen molar-refractivity contribution in [3.05, 3.63) is 12.2 Å². The first-order valence-electron chi connectivity index (χ1n) is 5.24. The first kappa shape index (κ1) is 11.7. The molecule has 14 heavy (non-hydrogen) atoms. The van der Waals surface area contributed by atoms with Crippen molar-refractivity contribution in [3.8, 4) is 0 Å². The van der Waals surface area contributed by atoms with E-state index >= 15 is 0 Å². The maximum atomic E-state index is 9.00. The van der Waals surface area contributed by atoms with Crippen molar-refractivity contribution in [2.24, 2.45) is 0 Å². The van der Waals surface area contributed by atoms with Crippen molar-refractivity contribution >= 4 is 0 Å². The molecule has 1 aliphatic heterocycles. The molecule has 2 unspecified atom stereocenters. The largest absolute Gasteiger partial charge is 0.394 e. The quantitative estimate of drug-likeness (QED) is 0.687. The fourth-order valence-electron chi connectivity index (χ4n) is 1.63. The monoisotopic (exact) mass is 199 g/mol. The summed E-state index contributed by atoms with van der Waals surface area (Å²) in [6, 6.07) is 0.456. The summed E-state index contributed by atoms with van der Waals surface area (Å²) in [5.74, 6) is 0. The fourth-order valence-corrected chi connectivity index (χ4v) is 1.63. The minimum Gasteiger partial charge on any atom is -0.394 e. The standard InChI is InChI=1S/C11H21NO2/c1-9(2)4-5-12-6-11(7-13)14-8-10(12)3/h10-11,13H,1,4-8H2,2-3H3. The third kappa shape index (κ3) is 3.40. The number of nitrogens with zero attached hydrogens (tertiary/aromatic N) is 1. The highest BCUT2D eigenvalue weighted by atomic mass is 16.5. The molecule has 0 aromatic carbocycles. The lowest BCUT2D eigenvalue weighted by molar-refractivity contribution is -0.0772. The number of hydrogen-bond donors (Lipinski definition) is 1. The molecule has 82 valence electrons. The van der Waals surface area contributed by atoms with Gasteiger partial charge in [0.1, 0.15) is 0 Å². The molecule has 0 amide bonds. The molecule has 1 rings (SSSR count). The van der Waals surface area contributed by atoms with E-state index in [0.717, 1.165) is 26.1 Å². The van der Waals surface area contributed by atoms with Crippen LogP contribution in [0.25, 0.3) is 0 Å². The lowest BCUT2D eigenvalue weighted by Crippen LogP contribution is -2.49. The van der Waals surface area contributed by atoms with Crippen LogP contribution >= 0.6 is 0 Å². The average Bonchev–Trinajstić information content (AvgIpc) is 2.16. The highest BCUT2D eigenvalue weighted by Crippen LogP contribution is 2.12. The van der Waals surface area contributed by atoms with Crippen LogP contribution in [0.1, 0.15) is 20.3 Å². The van der Waals surface area contributed by atoms with Crippen molar-refractivity contribution in [1.29, 1.82) is 0 Å². The van der Waals surface area contributed by atoms with Gasteiger partial charge in [0.05, 0.1) is 19.3 Å². The van der Waals surface area contributed by atoms with Crippen molar-refractivity contribution in [3.63, 3.8) is 0 Å². The normalized spacial score (nSPS) is 29.1. The second-order valence-electron chi connectivity index (χ2n) is 4.19. The summed E-state index contributed by atoms with van der Waals surface area (Å²) in [6.45, 7) is 10.8. The molecule has 0 aromatic rings. The van der Waals surface area contributed by atoms with Gasteiger partial charge in [0, 0.05) is 19.1 Å². The van der Waals surface area contributed by atoms with Crippen molar-refractivity contribution in [2.45, 2.75) is 32.4 Å². The third-order valence-corrected chi connectivity index (χ3v) is 2.66. The Morgan fingerprint density at radius 3 is 2.93 bits per heavy atom. The van der Waals surface area contributed by atoms with Crippen LogP contribution in [0, 0.1) is 0 Å². The first-order chi connectivity index (χ1) is 6.63. The van der Waals surface area contributed by atoms with Crippen LogP contribution in [0.15, 0.2) is 12.2 Å². The Hall–Kier alpha value is -0.380. The number of rotatable bonds is 4. The van der Waals surface area contributed by atoms with E-state index in [1.165, 1.54) is 5.57 Å². The maximum absolute atomic E-state index is 9.00. The van der Waals surface area contributed by atoms with Gasteiger partial charge in [0.25, 0.3) is 0 Å². The Morgan fingerprint density at radius 1 is 1.64 bits per heavy atom. The van der Waals surface area contributed by atoms with Crippen LogP contribution in [0.5, 0.6) is 0 Å². The van der Waals surface area contributed by atoms with Crippen molar-refractivity contribution < 1.29 is 9.84 Å². The van der Waals surface area contributed by atoms with Gasteiger partial charge in [0.2, 0.25) is 0 Å². The first-order valence-corrected chi connectivity index (χ1v) is 5.24. The second kappa shape index (κ2) is 5.49. The van der Waals surface area contributed by atoms with E-state index in [1.807, 2.05) is 0 Å². The van der Waals surface area contributed by atoms with E-state index < -0.39 is 0 Å². The second-order valence-corrected chi connectivity index (χ2v) is 4.19. The van der Waals surface area contributed by atoms with E-state index in [1.54, 1.807) is 0 Å². The number of hydrogen-bond acceptors (Lipinski definition) is 3. The number of aliphatic hydroxyl groups excluding tert-OH is 1. The molecular weight excluding hydrogens is 178 g/mol. The summed E-state index contributed by atoms with van der Waals surface area (Å²) < 4.78 is 5.46. The summed E-state index contributed by atoms with van der Waals surface area (Å²) in [4.78, 5) is 2.36. The Bertz CT molecular complexity index is 194. The molecule has 0 aromatic heterocycles. The summed E-state index contributed by atoms with van der Waals surface area (Å²) in [7, 11) is 0. The van der Waals surface area contributed by atoms with Crippen molar-refractivity contribution in [1.82, 2.24) is 4.90 Å². The highest BCUT2D eigenvalue weighted by molar-refractivity contribution is 4.90. The molecular formula is C11H21NO2. The summed E-state index contributed by atoms with van der Waals surface area (Å²) in [6.07, 6.45) is 1.03. The highest BCUT2D eigenvalue weighted by Gasteiger charge is 2.24. The Balaban J connectivity index is 2.36. The van der Waals surface area contributed by atoms with Crippen LogP contribution in [0.4, 0.5) is 0 Å². The molecule has 3 nitrogen and oxygen atoms in total. The fraction of sp³-hybridized carbons (Fsp3) is 0.818. The average molecular weight is 199 g/mol. The molecule has 0 aliphatic carbocycles. The summed E-state index contributed by atoms with van der Waals surface area (Å²) >= 11 is 0. The van der Waals surface area contributed by atoms with Gasteiger partial charge in [0.15, 0.2) is 0 Å². The molecule has 0 spiro atoms. The zero-order valence-electron chi connectivity index (χ0n) is 9.20. The van der Waals surface area contributed by atoms with Crippen LogP contribution < -0.4 is 0 Å². The van der Waals surface area contributed by atoms with Gasteiger partial charge in [-0.2, -0.15) is 0 Å². The molecule has 1 aliphatic rings. The molecule has 1 heterocycles. The number of morpholine rings is 1. The van der Waals surface area contributed by atoms with Crippen LogP contribution in [-0.4, -0.2) is 48.5 Å². The number of aliphatic hydroxyl groups is 1. The van der Waals surface area contributed by atoms with Gasteiger partial charge < -0.3 is 9.84 Å². The lowest BCUT2D eigenvalue weighted by atomic mass is 10.1. The zero-order chi connectivity index (χ0) is 10.6. The Kier molecular flexibility index (Phi) is 4.58. The molecule has 1 N–H and O–H groups in total. The SMILES string of the molecule is C=C(C)CCN1CC(CO)OCC1C. The van der Waals surface area contributed by atoms with E-state index in [-0.39, 0.29) is 12.7 Å². The molecule has 1 saturated heterocycles. The third-order valence-electron chi connectivity index (χ3n) is 2.66. The van der Waals surface area contributed by atoms with Crippen LogP contribution in [0.2, 0.25) is 0 Å². The van der Waals surface area contributed by atoms with E-state index in [9.17, 15) is 0 Å². The number of ether oxygens (including phenoxy) is 1. The lowest BCUT2D eigenvalue weighted by Gasteiger charge is -2.37. The predicted molar refractivity (Wildman–Crippen MR) is 57.3 cm³/mol. The van der Waals surface area contributed by atoms with E-state index in [4.69, 9.17) is 9.84 Å². The smallest absolute Gasteiger partial charge is 0.0933 e. The zero-order valence-corrected chi connectivity index (χ0v) is 9.20. The van der Waals surface area contributed by atoms with Gasteiger partial charge in [-0.25, -0.2) is 0 Å². The molecule has 0 bridgehead atoms. The molecule has 0 radical (unpaired) electrons. The van der Waals surface area contributed by atoms with E-state index in [0.29, 0.717) is 6.04 Å². The van der Waals surface area contributed by atoms with Gasteiger partial charge in [-0.1, -0.05) is 5.57 Å². The van der Waals surface area contributed by atoms with Gasteiger partial charge in [-0.3, -0.25) is 4.90 Å². The van der Waals surface area contributed by atoms with E-state index in [2.05, 4.69) is 25.3 Å². The molecule has 3 heteroatoms. The topological polar surface area (TPSA) is 32.7 Å². The maximum Gasteiger partial charge on any atom is 0.0933 e. The molecule has 0 saturated carbocycles. The van der Waals surface area contributed by atoms with Crippen LogP contribution in [0.3, 0.4) is 0 Å².